The first-order valence-corrected chi connectivity index (χ1v) is 4.42. The molecule has 0 aliphatic rings. The zero-order chi connectivity index (χ0) is 9.84. The average molecular weight is 201 g/mol. The number of hydrogen-bond acceptors (Lipinski definition) is 1. The lowest BCUT2D eigenvalue weighted by Gasteiger charge is -2.06. The topological polar surface area (TPSA) is 17.1 Å². The second kappa shape index (κ2) is 4.38. The summed E-state index contributed by atoms with van der Waals surface area (Å²) in [5, 5.41) is -0.349. The maximum Gasteiger partial charge on any atom is 0.131 e. The molecule has 0 saturated carbocycles. The first-order chi connectivity index (χ1) is 6.09. The molecule has 1 aromatic rings. The summed E-state index contributed by atoms with van der Waals surface area (Å²) < 4.78 is 12.5. The van der Waals surface area contributed by atoms with Crippen molar-refractivity contribution < 1.29 is 9.18 Å². The molecule has 0 amide bonds. The Morgan fingerprint density at radius 2 is 2.00 bits per heavy atom. The Morgan fingerprint density at radius 1 is 1.46 bits per heavy atom. The molecule has 1 nitrogen and oxygen atoms in total. The van der Waals surface area contributed by atoms with Gasteiger partial charge in [0.2, 0.25) is 0 Å². The van der Waals surface area contributed by atoms with Crippen LogP contribution in [-0.4, -0.2) is 5.78 Å². The Hall–Kier alpha value is -0.890. The second-order valence-corrected chi connectivity index (χ2v) is 3.45. The summed E-state index contributed by atoms with van der Waals surface area (Å²) in [5.41, 5.74) is 0.776. The fraction of sp³-hybridized carbons (Fsp3) is 0.300. The lowest BCUT2D eigenvalue weighted by atomic mass is 10.1. The van der Waals surface area contributed by atoms with Crippen molar-refractivity contribution in [1.82, 2.24) is 0 Å². The van der Waals surface area contributed by atoms with Crippen LogP contribution >= 0.6 is 11.6 Å². The molecule has 0 saturated heterocycles. The maximum atomic E-state index is 12.5. The van der Waals surface area contributed by atoms with Crippen molar-refractivity contribution in [3.63, 3.8) is 0 Å². The Bertz CT molecular complexity index is 294. The van der Waals surface area contributed by atoms with E-state index in [9.17, 15) is 9.18 Å². The van der Waals surface area contributed by atoms with E-state index in [1.807, 2.05) is 0 Å². The third kappa shape index (κ3) is 3.15. The average Bonchev–Trinajstić information content (AvgIpc) is 2.04. The van der Waals surface area contributed by atoms with E-state index in [0.29, 0.717) is 0 Å². The number of carbonyl (C=O) groups is 1. The lowest BCUT2D eigenvalue weighted by molar-refractivity contribution is -0.117. The van der Waals surface area contributed by atoms with E-state index in [4.69, 9.17) is 11.6 Å². The highest BCUT2D eigenvalue weighted by atomic mass is 35.5. The van der Waals surface area contributed by atoms with Gasteiger partial charge in [-0.15, -0.1) is 11.6 Å². The van der Waals surface area contributed by atoms with Gasteiger partial charge in [0.1, 0.15) is 11.6 Å². The Morgan fingerprint density at radius 3 is 2.46 bits per heavy atom. The molecule has 70 valence electrons. The van der Waals surface area contributed by atoms with Crippen molar-refractivity contribution in [1.29, 1.82) is 0 Å². The molecule has 3 heteroatoms. The maximum absolute atomic E-state index is 12.5. The minimum Gasteiger partial charge on any atom is -0.300 e. The monoisotopic (exact) mass is 200 g/mol. The van der Waals surface area contributed by atoms with Crippen molar-refractivity contribution in [2.24, 2.45) is 0 Å². The smallest absolute Gasteiger partial charge is 0.131 e. The van der Waals surface area contributed by atoms with Gasteiger partial charge in [-0.2, -0.15) is 0 Å². The molecule has 1 atom stereocenters. The number of rotatable bonds is 3. The molecule has 0 aliphatic heterocycles. The van der Waals surface area contributed by atoms with Gasteiger partial charge in [-0.05, 0) is 24.6 Å². The van der Waals surface area contributed by atoms with Crippen LogP contribution in [0, 0.1) is 5.82 Å². The molecule has 0 radical (unpaired) electrons. The molecule has 0 bridgehead atoms. The van der Waals surface area contributed by atoms with E-state index in [1.54, 1.807) is 12.1 Å². The standard InChI is InChI=1S/C10H10ClFO/c1-7(13)6-10(11)8-2-4-9(12)5-3-8/h2-5,10H,6H2,1H3. The minimum absolute atomic E-state index is 0.0318. The summed E-state index contributed by atoms with van der Waals surface area (Å²) in [4.78, 5) is 10.7. The number of alkyl halides is 1. The van der Waals surface area contributed by atoms with Gasteiger partial charge in [0, 0.05) is 6.42 Å². The van der Waals surface area contributed by atoms with Crippen molar-refractivity contribution in [3.05, 3.63) is 35.6 Å². The van der Waals surface area contributed by atoms with Gasteiger partial charge in [0.15, 0.2) is 0 Å². The molecule has 0 spiro atoms. The van der Waals surface area contributed by atoms with Crippen LogP contribution in [0.25, 0.3) is 0 Å². The van der Waals surface area contributed by atoms with Gasteiger partial charge in [-0.25, -0.2) is 4.39 Å². The summed E-state index contributed by atoms with van der Waals surface area (Å²) in [6.45, 7) is 1.49. The Labute approximate surface area is 81.5 Å². The molecule has 0 aliphatic carbocycles. The quantitative estimate of drug-likeness (QED) is 0.686. The van der Waals surface area contributed by atoms with Crippen LogP contribution in [0.3, 0.4) is 0 Å². The summed E-state index contributed by atoms with van der Waals surface area (Å²) in [6, 6.07) is 5.86. The molecular formula is C10H10ClFO. The first-order valence-electron chi connectivity index (χ1n) is 3.98. The molecule has 1 rings (SSSR count). The van der Waals surface area contributed by atoms with Crippen LogP contribution in [0.5, 0.6) is 0 Å². The molecule has 0 N–H and O–H groups in total. The van der Waals surface area contributed by atoms with Crippen LogP contribution in [0.4, 0.5) is 4.39 Å². The van der Waals surface area contributed by atoms with E-state index in [-0.39, 0.29) is 23.4 Å². The van der Waals surface area contributed by atoms with Gasteiger partial charge < -0.3 is 0 Å². The van der Waals surface area contributed by atoms with E-state index >= 15 is 0 Å². The van der Waals surface area contributed by atoms with Gasteiger partial charge in [0.05, 0.1) is 5.38 Å². The fourth-order valence-electron chi connectivity index (χ4n) is 1.04. The minimum atomic E-state index is -0.349. The van der Waals surface area contributed by atoms with E-state index in [1.165, 1.54) is 19.1 Å². The lowest BCUT2D eigenvalue weighted by Crippen LogP contribution is -1.97. The Balaban J connectivity index is 2.71. The first kappa shape index (κ1) is 10.2. The predicted octanol–water partition coefficient (Wildman–Crippen LogP) is 3.08. The highest BCUT2D eigenvalue weighted by Gasteiger charge is 2.09. The molecule has 1 unspecified atom stereocenters. The van der Waals surface area contributed by atoms with Crippen molar-refractivity contribution in [2.75, 3.05) is 0 Å². The van der Waals surface area contributed by atoms with Gasteiger partial charge in [-0.1, -0.05) is 12.1 Å². The molecule has 0 heterocycles. The number of carbonyl (C=O) groups excluding carboxylic acids is 1. The zero-order valence-corrected chi connectivity index (χ0v) is 8.01. The van der Waals surface area contributed by atoms with Gasteiger partial charge >= 0.3 is 0 Å². The van der Waals surface area contributed by atoms with Crippen LogP contribution in [0.15, 0.2) is 24.3 Å². The summed E-state index contributed by atoms with van der Waals surface area (Å²) in [7, 11) is 0. The molecule has 1 aromatic carbocycles. The Kier molecular flexibility index (Phi) is 3.43. The van der Waals surface area contributed by atoms with Crippen LogP contribution in [0.1, 0.15) is 24.3 Å². The van der Waals surface area contributed by atoms with Crippen molar-refractivity contribution in [3.8, 4) is 0 Å². The third-order valence-corrected chi connectivity index (χ3v) is 2.10. The third-order valence-electron chi connectivity index (χ3n) is 1.70. The number of hydrogen-bond donors (Lipinski definition) is 0. The summed E-state index contributed by atoms with van der Waals surface area (Å²) in [6.07, 6.45) is 0.285. The van der Waals surface area contributed by atoms with Gasteiger partial charge in [-0.3, -0.25) is 4.79 Å². The highest BCUT2D eigenvalue weighted by Crippen LogP contribution is 2.24. The van der Waals surface area contributed by atoms with E-state index in [2.05, 4.69) is 0 Å². The molecule has 0 aromatic heterocycles. The predicted molar refractivity (Wildman–Crippen MR) is 50.3 cm³/mol. The highest BCUT2D eigenvalue weighted by molar-refractivity contribution is 6.21. The SMILES string of the molecule is CC(=O)CC(Cl)c1ccc(F)cc1. The number of benzene rings is 1. The summed E-state index contributed by atoms with van der Waals surface area (Å²) in [5.74, 6) is -0.264. The molecule has 13 heavy (non-hydrogen) atoms. The van der Waals surface area contributed by atoms with Crippen LogP contribution < -0.4 is 0 Å². The molecular weight excluding hydrogens is 191 g/mol. The number of halogens is 2. The second-order valence-electron chi connectivity index (χ2n) is 2.93. The van der Waals surface area contributed by atoms with E-state index in [0.717, 1.165) is 5.56 Å². The number of Topliss-reactive ketones (excluding diaryl/α,β-unsaturated/α-hetero) is 1. The van der Waals surface area contributed by atoms with Gasteiger partial charge in [0.25, 0.3) is 0 Å². The van der Waals surface area contributed by atoms with E-state index < -0.39 is 0 Å². The fourth-order valence-corrected chi connectivity index (χ4v) is 1.40. The van der Waals surface area contributed by atoms with Crippen molar-refractivity contribution >= 4 is 17.4 Å². The zero-order valence-electron chi connectivity index (χ0n) is 7.26. The van der Waals surface area contributed by atoms with Crippen molar-refractivity contribution in [2.45, 2.75) is 18.7 Å². The van der Waals surface area contributed by atoms with Crippen LogP contribution in [-0.2, 0) is 4.79 Å². The number of ketones is 1. The summed E-state index contributed by atoms with van der Waals surface area (Å²) >= 11 is 5.91. The molecule has 0 fully saturated rings. The largest absolute Gasteiger partial charge is 0.300 e. The normalized spacial score (nSPS) is 12.5. The van der Waals surface area contributed by atoms with Crippen LogP contribution in [0.2, 0.25) is 0 Å².